The zero-order chi connectivity index (χ0) is 9.10. The van der Waals surface area contributed by atoms with Crippen LogP contribution in [0, 0.1) is 23.2 Å². The first-order valence-electron chi connectivity index (χ1n) is 5.49. The van der Waals surface area contributed by atoms with E-state index in [1.54, 1.807) is 0 Å². The molecule has 1 aliphatic heterocycles. The van der Waals surface area contributed by atoms with E-state index in [-0.39, 0.29) is 0 Å². The van der Waals surface area contributed by atoms with Crippen LogP contribution in [0.15, 0.2) is 0 Å². The smallest absolute Gasteiger partial charge is 0.0635 e. The molecule has 0 aromatic carbocycles. The Hall–Kier alpha value is -0.550. The van der Waals surface area contributed by atoms with Crippen LogP contribution in [0.25, 0.3) is 0 Å². The molecule has 1 heterocycles. The minimum atomic E-state index is 0.708. The zero-order valence-corrected chi connectivity index (χ0v) is 8.21. The van der Waals surface area contributed by atoms with Crippen LogP contribution in [0.4, 0.5) is 0 Å². The first-order chi connectivity index (χ1) is 6.40. The molecule has 2 rings (SSSR count). The maximum atomic E-state index is 8.51. The van der Waals surface area contributed by atoms with Gasteiger partial charge in [0, 0.05) is 26.1 Å². The van der Waals surface area contributed by atoms with Crippen molar-refractivity contribution in [1.29, 1.82) is 5.26 Å². The largest absolute Gasteiger partial charge is 0.302 e. The molecule has 0 aromatic rings. The second-order valence-corrected chi connectivity index (χ2v) is 4.47. The molecule has 1 aliphatic carbocycles. The number of likely N-dealkylation sites (tertiary alicyclic amines) is 1. The SMILES string of the molecule is N#CCCN1CC2CCCCC2C1. The molecule has 0 spiro atoms. The fraction of sp³-hybridized carbons (Fsp3) is 0.909. The average molecular weight is 178 g/mol. The van der Waals surface area contributed by atoms with Crippen molar-refractivity contribution < 1.29 is 0 Å². The van der Waals surface area contributed by atoms with E-state index in [2.05, 4.69) is 11.0 Å². The predicted octanol–water partition coefficient (Wildman–Crippen LogP) is 2.02. The Labute approximate surface area is 80.5 Å². The van der Waals surface area contributed by atoms with Crippen LogP contribution in [-0.2, 0) is 0 Å². The predicted molar refractivity (Wildman–Crippen MR) is 52.1 cm³/mol. The van der Waals surface area contributed by atoms with Crippen molar-refractivity contribution >= 4 is 0 Å². The van der Waals surface area contributed by atoms with Gasteiger partial charge in [-0.1, -0.05) is 12.8 Å². The summed E-state index contributed by atoms with van der Waals surface area (Å²) in [4.78, 5) is 2.49. The van der Waals surface area contributed by atoms with Gasteiger partial charge in [0.2, 0.25) is 0 Å². The van der Waals surface area contributed by atoms with Gasteiger partial charge in [0.1, 0.15) is 0 Å². The van der Waals surface area contributed by atoms with Crippen molar-refractivity contribution in [3.05, 3.63) is 0 Å². The highest BCUT2D eigenvalue weighted by Crippen LogP contribution is 2.35. The number of nitrogens with zero attached hydrogens (tertiary/aromatic N) is 2. The van der Waals surface area contributed by atoms with Crippen LogP contribution in [0.1, 0.15) is 32.1 Å². The van der Waals surface area contributed by atoms with Crippen molar-refractivity contribution in [3.8, 4) is 6.07 Å². The first kappa shape index (κ1) is 9.02. The minimum Gasteiger partial charge on any atom is -0.302 e. The standard InChI is InChI=1S/C11H18N2/c12-6-3-7-13-8-10-4-1-2-5-11(10)9-13/h10-11H,1-5,7-9H2. The molecule has 0 radical (unpaired) electrons. The third-order valence-corrected chi connectivity index (χ3v) is 3.59. The number of hydrogen-bond acceptors (Lipinski definition) is 2. The molecule has 13 heavy (non-hydrogen) atoms. The monoisotopic (exact) mass is 178 g/mol. The summed E-state index contributed by atoms with van der Waals surface area (Å²) in [5.74, 6) is 1.93. The fourth-order valence-electron chi connectivity index (χ4n) is 2.89. The summed E-state index contributed by atoms with van der Waals surface area (Å²) in [7, 11) is 0. The molecule has 0 aromatic heterocycles. The molecule has 2 nitrogen and oxygen atoms in total. The highest BCUT2D eigenvalue weighted by atomic mass is 15.1. The van der Waals surface area contributed by atoms with Crippen molar-refractivity contribution in [1.82, 2.24) is 4.90 Å². The van der Waals surface area contributed by atoms with Crippen LogP contribution in [-0.4, -0.2) is 24.5 Å². The van der Waals surface area contributed by atoms with Crippen LogP contribution in [0.5, 0.6) is 0 Å². The van der Waals surface area contributed by atoms with Gasteiger partial charge in [0.05, 0.1) is 6.07 Å². The van der Waals surface area contributed by atoms with Gasteiger partial charge >= 0.3 is 0 Å². The van der Waals surface area contributed by atoms with Gasteiger partial charge in [-0.3, -0.25) is 0 Å². The van der Waals surface area contributed by atoms with E-state index in [1.807, 2.05) is 0 Å². The highest BCUT2D eigenvalue weighted by molar-refractivity contribution is 4.87. The van der Waals surface area contributed by atoms with Crippen LogP contribution in [0.3, 0.4) is 0 Å². The van der Waals surface area contributed by atoms with Gasteiger partial charge in [-0.15, -0.1) is 0 Å². The van der Waals surface area contributed by atoms with Gasteiger partial charge in [-0.2, -0.15) is 5.26 Å². The molecule has 0 N–H and O–H groups in total. The lowest BCUT2D eigenvalue weighted by Crippen LogP contribution is -2.21. The Balaban J connectivity index is 1.81. The van der Waals surface area contributed by atoms with Gasteiger partial charge in [0.25, 0.3) is 0 Å². The Bertz CT molecular complexity index is 193. The normalized spacial score (nSPS) is 34.1. The van der Waals surface area contributed by atoms with Crippen molar-refractivity contribution in [2.75, 3.05) is 19.6 Å². The Morgan fingerprint density at radius 2 is 1.77 bits per heavy atom. The van der Waals surface area contributed by atoms with Crippen molar-refractivity contribution in [3.63, 3.8) is 0 Å². The third-order valence-electron chi connectivity index (χ3n) is 3.59. The van der Waals surface area contributed by atoms with E-state index >= 15 is 0 Å². The van der Waals surface area contributed by atoms with Crippen molar-refractivity contribution in [2.24, 2.45) is 11.8 Å². The molecule has 72 valence electrons. The summed E-state index contributed by atoms with van der Waals surface area (Å²) in [5, 5.41) is 8.51. The van der Waals surface area contributed by atoms with Gasteiger partial charge in [-0.05, 0) is 24.7 Å². The summed E-state index contributed by atoms with van der Waals surface area (Å²) < 4.78 is 0. The second kappa shape index (κ2) is 4.11. The molecule has 2 unspecified atom stereocenters. The number of nitriles is 1. The fourth-order valence-corrected chi connectivity index (χ4v) is 2.89. The quantitative estimate of drug-likeness (QED) is 0.647. The van der Waals surface area contributed by atoms with Gasteiger partial charge < -0.3 is 4.90 Å². The average Bonchev–Trinajstić information content (AvgIpc) is 2.57. The molecular formula is C11H18N2. The molecule has 1 saturated carbocycles. The van der Waals surface area contributed by atoms with E-state index in [9.17, 15) is 0 Å². The van der Waals surface area contributed by atoms with Gasteiger partial charge in [0.15, 0.2) is 0 Å². The lowest BCUT2D eigenvalue weighted by molar-refractivity contribution is 0.299. The van der Waals surface area contributed by atoms with Crippen LogP contribution >= 0.6 is 0 Å². The Morgan fingerprint density at radius 1 is 1.15 bits per heavy atom. The lowest BCUT2D eigenvalue weighted by Gasteiger charge is -2.23. The van der Waals surface area contributed by atoms with E-state index in [1.165, 1.54) is 38.8 Å². The van der Waals surface area contributed by atoms with Gasteiger partial charge in [-0.25, -0.2) is 0 Å². The molecule has 2 heteroatoms. The number of rotatable bonds is 2. The summed E-state index contributed by atoms with van der Waals surface area (Å²) >= 11 is 0. The molecule has 2 atom stereocenters. The highest BCUT2D eigenvalue weighted by Gasteiger charge is 2.33. The number of fused-ring (bicyclic) bond motifs is 1. The molecular weight excluding hydrogens is 160 g/mol. The Morgan fingerprint density at radius 3 is 2.31 bits per heavy atom. The molecule has 0 amide bonds. The molecule has 2 aliphatic rings. The van der Waals surface area contributed by atoms with E-state index < -0.39 is 0 Å². The molecule has 2 fully saturated rings. The second-order valence-electron chi connectivity index (χ2n) is 4.47. The van der Waals surface area contributed by atoms with Crippen LogP contribution < -0.4 is 0 Å². The zero-order valence-electron chi connectivity index (χ0n) is 8.21. The summed E-state index contributed by atoms with van der Waals surface area (Å²) in [6.07, 6.45) is 6.46. The maximum Gasteiger partial charge on any atom is 0.0635 e. The minimum absolute atomic E-state index is 0.708. The van der Waals surface area contributed by atoms with E-state index in [0.717, 1.165) is 18.4 Å². The third kappa shape index (κ3) is 2.03. The lowest BCUT2D eigenvalue weighted by atomic mass is 9.82. The summed E-state index contributed by atoms with van der Waals surface area (Å²) in [6.45, 7) is 3.54. The molecule has 0 bridgehead atoms. The topological polar surface area (TPSA) is 27.0 Å². The Kier molecular flexibility index (Phi) is 2.85. The summed E-state index contributed by atoms with van der Waals surface area (Å²) in [5.41, 5.74) is 0. The molecule has 1 saturated heterocycles. The maximum absolute atomic E-state index is 8.51. The van der Waals surface area contributed by atoms with E-state index in [4.69, 9.17) is 5.26 Å². The van der Waals surface area contributed by atoms with Crippen molar-refractivity contribution in [2.45, 2.75) is 32.1 Å². The summed E-state index contributed by atoms with van der Waals surface area (Å²) in [6, 6.07) is 2.23. The van der Waals surface area contributed by atoms with Crippen LogP contribution in [0.2, 0.25) is 0 Å². The first-order valence-corrected chi connectivity index (χ1v) is 5.49. The number of hydrogen-bond donors (Lipinski definition) is 0. The van der Waals surface area contributed by atoms with E-state index in [0.29, 0.717) is 6.42 Å².